The second kappa shape index (κ2) is 7.72. The first-order valence-electron chi connectivity index (χ1n) is 7.19. The van der Waals surface area contributed by atoms with Gasteiger partial charge in [-0.3, -0.25) is 4.79 Å². The predicted octanol–water partition coefficient (Wildman–Crippen LogP) is 3.76. The van der Waals surface area contributed by atoms with E-state index in [1.807, 2.05) is 0 Å². The molecule has 1 N–H and O–H groups in total. The molecule has 0 aliphatic rings. The van der Waals surface area contributed by atoms with Crippen LogP contribution in [0.15, 0.2) is 18.2 Å². The van der Waals surface area contributed by atoms with Crippen molar-refractivity contribution in [1.82, 2.24) is 4.98 Å². The van der Waals surface area contributed by atoms with Crippen molar-refractivity contribution in [3.63, 3.8) is 0 Å². The Morgan fingerprint density at radius 3 is 2.20 bits per heavy atom. The van der Waals surface area contributed by atoms with E-state index in [1.165, 1.54) is 19.2 Å². The molecule has 0 fully saturated rings. The maximum Gasteiger partial charge on any atom is 0.341 e. The predicted molar refractivity (Wildman–Crippen MR) is 92.7 cm³/mol. The fourth-order valence-corrected chi connectivity index (χ4v) is 2.96. The van der Waals surface area contributed by atoms with E-state index in [9.17, 15) is 14.4 Å². The molecular formula is C17H15Cl2NO5. The SMILES string of the molecule is COC(=O)c1c(C)[nH]c(C(=O)COC(=O)c2c(Cl)cccc2Cl)c1C. The summed E-state index contributed by atoms with van der Waals surface area (Å²) < 4.78 is 9.69. The van der Waals surface area contributed by atoms with Crippen molar-refractivity contribution in [2.24, 2.45) is 0 Å². The number of rotatable bonds is 5. The van der Waals surface area contributed by atoms with Gasteiger partial charge >= 0.3 is 11.9 Å². The van der Waals surface area contributed by atoms with Crippen molar-refractivity contribution in [1.29, 1.82) is 0 Å². The van der Waals surface area contributed by atoms with Crippen LogP contribution in [0.1, 0.15) is 42.5 Å². The molecule has 0 saturated carbocycles. The summed E-state index contributed by atoms with van der Waals surface area (Å²) in [5, 5.41) is 0.259. The summed E-state index contributed by atoms with van der Waals surface area (Å²) in [4.78, 5) is 39.0. The number of aryl methyl sites for hydroxylation is 1. The minimum absolute atomic E-state index is 0.00623. The lowest BCUT2D eigenvalue weighted by atomic mass is 10.1. The zero-order valence-corrected chi connectivity index (χ0v) is 15.2. The van der Waals surface area contributed by atoms with Gasteiger partial charge in [0.1, 0.15) is 0 Å². The standard InChI is InChI=1S/C17H15Cl2NO5/c1-8-13(16(22)24-3)9(2)20-15(8)12(21)7-25-17(23)14-10(18)5-4-6-11(14)19/h4-6,20H,7H2,1-3H3. The van der Waals surface area contributed by atoms with Crippen LogP contribution in [-0.2, 0) is 9.47 Å². The Hall–Kier alpha value is -2.31. The highest BCUT2D eigenvalue weighted by Crippen LogP contribution is 2.25. The fourth-order valence-electron chi connectivity index (χ4n) is 2.41. The number of carbonyl (C=O) groups is 3. The van der Waals surface area contributed by atoms with E-state index >= 15 is 0 Å². The van der Waals surface area contributed by atoms with Crippen molar-refractivity contribution in [2.45, 2.75) is 13.8 Å². The zero-order valence-electron chi connectivity index (χ0n) is 13.7. The molecule has 1 aromatic heterocycles. The number of hydrogen-bond acceptors (Lipinski definition) is 5. The molecule has 1 heterocycles. The van der Waals surface area contributed by atoms with Crippen LogP contribution in [0.25, 0.3) is 0 Å². The number of halogens is 2. The summed E-state index contributed by atoms with van der Waals surface area (Å²) in [7, 11) is 1.25. The van der Waals surface area contributed by atoms with Gasteiger partial charge in [-0.05, 0) is 31.5 Å². The first kappa shape index (κ1) is 19.0. The summed E-state index contributed by atoms with van der Waals surface area (Å²) in [5.74, 6) is -1.85. The molecule has 0 aliphatic carbocycles. The largest absolute Gasteiger partial charge is 0.465 e. The Balaban J connectivity index is 2.16. The Bertz CT molecular complexity index is 837. The maximum atomic E-state index is 12.3. The number of H-pyrrole nitrogens is 1. The summed E-state index contributed by atoms with van der Waals surface area (Å²) in [6, 6.07) is 4.58. The molecule has 2 rings (SSSR count). The molecule has 8 heteroatoms. The Kier molecular flexibility index (Phi) is 5.87. The normalized spacial score (nSPS) is 10.4. The summed E-state index contributed by atoms with van der Waals surface area (Å²) in [6.07, 6.45) is 0. The molecule has 132 valence electrons. The van der Waals surface area contributed by atoms with Crippen LogP contribution in [0, 0.1) is 13.8 Å². The van der Waals surface area contributed by atoms with Crippen molar-refractivity contribution in [3.8, 4) is 0 Å². The number of ketones is 1. The number of ether oxygens (including phenoxy) is 2. The van der Waals surface area contributed by atoms with Gasteiger partial charge in [-0.25, -0.2) is 9.59 Å². The summed E-state index contributed by atoms with van der Waals surface area (Å²) in [5.41, 5.74) is 1.38. The topological polar surface area (TPSA) is 85.5 Å². The average Bonchev–Trinajstić information content (AvgIpc) is 2.86. The average molecular weight is 384 g/mol. The molecule has 0 saturated heterocycles. The molecule has 6 nitrogen and oxygen atoms in total. The highest BCUT2D eigenvalue weighted by molar-refractivity contribution is 6.39. The van der Waals surface area contributed by atoms with Crippen molar-refractivity contribution in [2.75, 3.05) is 13.7 Å². The fraction of sp³-hybridized carbons (Fsp3) is 0.235. The van der Waals surface area contributed by atoms with Crippen LogP contribution in [0.5, 0.6) is 0 Å². The van der Waals surface area contributed by atoms with E-state index < -0.39 is 24.3 Å². The Morgan fingerprint density at radius 2 is 1.64 bits per heavy atom. The zero-order chi connectivity index (χ0) is 18.7. The van der Waals surface area contributed by atoms with E-state index in [-0.39, 0.29) is 26.9 Å². The number of nitrogens with one attached hydrogen (secondary N) is 1. The molecule has 0 radical (unpaired) electrons. The van der Waals surface area contributed by atoms with Crippen LogP contribution >= 0.6 is 23.2 Å². The first-order chi connectivity index (χ1) is 11.8. The molecule has 0 atom stereocenters. The number of aromatic amines is 1. The third-order valence-electron chi connectivity index (χ3n) is 3.61. The minimum Gasteiger partial charge on any atom is -0.465 e. The molecule has 1 aromatic carbocycles. The molecule has 25 heavy (non-hydrogen) atoms. The lowest BCUT2D eigenvalue weighted by Gasteiger charge is -2.07. The van der Waals surface area contributed by atoms with Crippen molar-refractivity contribution >= 4 is 40.9 Å². The van der Waals surface area contributed by atoms with E-state index in [0.29, 0.717) is 11.3 Å². The van der Waals surface area contributed by atoms with Gasteiger partial charge in [0.2, 0.25) is 5.78 Å². The molecular weight excluding hydrogens is 369 g/mol. The molecule has 0 bridgehead atoms. The number of esters is 2. The maximum absolute atomic E-state index is 12.3. The van der Waals surface area contributed by atoms with Gasteiger partial charge < -0.3 is 14.5 Å². The van der Waals surface area contributed by atoms with Gasteiger partial charge in [-0.2, -0.15) is 0 Å². The first-order valence-corrected chi connectivity index (χ1v) is 7.95. The molecule has 0 amide bonds. The number of carbonyl (C=O) groups excluding carboxylic acids is 3. The van der Waals surface area contributed by atoms with Gasteiger partial charge in [0.05, 0.1) is 34.0 Å². The third kappa shape index (κ3) is 3.86. The second-order valence-electron chi connectivity index (χ2n) is 5.21. The Morgan fingerprint density at radius 1 is 1.04 bits per heavy atom. The monoisotopic (exact) mass is 383 g/mol. The van der Waals surface area contributed by atoms with Crippen molar-refractivity contribution < 1.29 is 23.9 Å². The van der Waals surface area contributed by atoms with Gasteiger partial charge in [0, 0.05) is 5.69 Å². The van der Waals surface area contributed by atoms with E-state index in [2.05, 4.69) is 9.72 Å². The van der Waals surface area contributed by atoms with Crippen LogP contribution in [0.3, 0.4) is 0 Å². The second-order valence-corrected chi connectivity index (χ2v) is 6.03. The van der Waals surface area contributed by atoms with Gasteiger partial charge in [-0.15, -0.1) is 0 Å². The smallest absolute Gasteiger partial charge is 0.341 e. The van der Waals surface area contributed by atoms with Gasteiger partial charge in [-0.1, -0.05) is 29.3 Å². The number of aromatic nitrogens is 1. The van der Waals surface area contributed by atoms with Gasteiger partial charge in [0.15, 0.2) is 6.61 Å². The van der Waals surface area contributed by atoms with Gasteiger partial charge in [0.25, 0.3) is 0 Å². The van der Waals surface area contributed by atoms with Crippen molar-refractivity contribution in [3.05, 3.63) is 56.3 Å². The quantitative estimate of drug-likeness (QED) is 0.627. The highest BCUT2D eigenvalue weighted by atomic mass is 35.5. The number of Topliss-reactive ketones (excluding diaryl/α,β-unsaturated/α-hetero) is 1. The van der Waals surface area contributed by atoms with E-state index in [4.69, 9.17) is 27.9 Å². The highest BCUT2D eigenvalue weighted by Gasteiger charge is 2.24. The van der Waals surface area contributed by atoms with Crippen LogP contribution in [0.4, 0.5) is 0 Å². The summed E-state index contributed by atoms with van der Waals surface area (Å²) in [6.45, 7) is 2.73. The Labute approximate surface area is 154 Å². The lowest BCUT2D eigenvalue weighted by molar-refractivity contribution is 0.0473. The lowest BCUT2D eigenvalue weighted by Crippen LogP contribution is -2.16. The number of methoxy groups -OCH3 is 1. The number of hydrogen-bond donors (Lipinski definition) is 1. The molecule has 2 aromatic rings. The van der Waals surface area contributed by atoms with Crippen LogP contribution in [-0.4, -0.2) is 36.4 Å². The van der Waals surface area contributed by atoms with Crippen LogP contribution < -0.4 is 0 Å². The van der Waals surface area contributed by atoms with E-state index in [0.717, 1.165) is 0 Å². The minimum atomic E-state index is -0.807. The van der Waals surface area contributed by atoms with Crippen LogP contribution in [0.2, 0.25) is 10.0 Å². The molecule has 0 aliphatic heterocycles. The summed E-state index contributed by atoms with van der Waals surface area (Å²) >= 11 is 11.9. The molecule has 0 spiro atoms. The number of benzene rings is 1. The molecule has 0 unspecified atom stereocenters. The van der Waals surface area contributed by atoms with E-state index in [1.54, 1.807) is 19.9 Å². The third-order valence-corrected chi connectivity index (χ3v) is 4.24.